The van der Waals surface area contributed by atoms with Gasteiger partial charge in [-0.2, -0.15) is 0 Å². The Balaban J connectivity index is 2.10. The molecule has 4 nitrogen and oxygen atoms in total. The van der Waals surface area contributed by atoms with Gasteiger partial charge in [0, 0.05) is 25.9 Å². The second-order valence-corrected chi connectivity index (χ2v) is 4.11. The molecule has 18 heavy (non-hydrogen) atoms. The maximum Gasteiger partial charge on any atom is 0.133 e. The first-order valence-corrected chi connectivity index (χ1v) is 6.00. The number of hydrogen-bond acceptors (Lipinski definition) is 3. The fraction of sp³-hybridized carbons (Fsp3) is 0.357. The summed E-state index contributed by atoms with van der Waals surface area (Å²) < 4.78 is 7.46. The molecule has 0 radical (unpaired) electrons. The molecule has 2 rings (SSSR count). The summed E-state index contributed by atoms with van der Waals surface area (Å²) in [6.45, 7) is 0.836. The van der Waals surface area contributed by atoms with E-state index in [1.807, 2.05) is 29.9 Å². The molecule has 2 aromatic rings. The molecule has 94 valence electrons. The highest BCUT2D eigenvalue weighted by Crippen LogP contribution is 2.20. The van der Waals surface area contributed by atoms with E-state index in [9.17, 15) is 0 Å². The van der Waals surface area contributed by atoms with Crippen LogP contribution in [0, 0.1) is 12.3 Å². The van der Waals surface area contributed by atoms with Crippen LogP contribution in [0.2, 0.25) is 0 Å². The summed E-state index contributed by atoms with van der Waals surface area (Å²) >= 11 is 0. The average molecular weight is 243 g/mol. The maximum atomic E-state index is 5.48. The quantitative estimate of drug-likeness (QED) is 0.624. The molecule has 2 aromatic heterocycles. The fourth-order valence-electron chi connectivity index (χ4n) is 1.87. The molecule has 0 aliphatic carbocycles. The summed E-state index contributed by atoms with van der Waals surface area (Å²) in [5.74, 6) is 4.44. The molecule has 0 fully saturated rings. The van der Waals surface area contributed by atoms with Crippen LogP contribution in [0.1, 0.15) is 30.5 Å². The molecule has 0 aromatic carbocycles. The molecule has 0 amide bonds. The molecule has 4 heteroatoms. The molecule has 0 saturated carbocycles. The van der Waals surface area contributed by atoms with Crippen molar-refractivity contribution in [1.82, 2.24) is 14.9 Å². The van der Waals surface area contributed by atoms with Gasteiger partial charge in [-0.3, -0.25) is 0 Å². The molecule has 0 bridgehead atoms. The number of aryl methyl sites for hydroxylation is 1. The van der Waals surface area contributed by atoms with E-state index in [-0.39, 0.29) is 6.04 Å². The lowest BCUT2D eigenvalue weighted by Crippen LogP contribution is -2.25. The topological polar surface area (TPSA) is 43.0 Å². The maximum absolute atomic E-state index is 5.48. The second kappa shape index (κ2) is 6.08. The van der Waals surface area contributed by atoms with Crippen LogP contribution < -0.4 is 5.32 Å². The largest absolute Gasteiger partial charge is 0.467 e. The van der Waals surface area contributed by atoms with Crippen LogP contribution in [-0.4, -0.2) is 16.1 Å². The summed E-state index contributed by atoms with van der Waals surface area (Å²) in [5.41, 5.74) is 0. The second-order valence-electron chi connectivity index (χ2n) is 4.11. The van der Waals surface area contributed by atoms with Crippen molar-refractivity contribution in [1.29, 1.82) is 0 Å². The van der Waals surface area contributed by atoms with E-state index in [0.29, 0.717) is 0 Å². The predicted octanol–water partition coefficient (Wildman–Crippen LogP) is 2.11. The number of furan rings is 1. The van der Waals surface area contributed by atoms with Crippen LogP contribution in [0.15, 0.2) is 35.2 Å². The average Bonchev–Trinajstić information content (AvgIpc) is 3.01. The van der Waals surface area contributed by atoms with Crippen LogP contribution >= 0.6 is 0 Å². The van der Waals surface area contributed by atoms with Gasteiger partial charge in [0.2, 0.25) is 0 Å². The number of imidazole rings is 1. The molecular weight excluding hydrogens is 226 g/mol. The third-order valence-corrected chi connectivity index (χ3v) is 2.79. The Morgan fingerprint density at radius 2 is 2.50 bits per heavy atom. The van der Waals surface area contributed by atoms with Gasteiger partial charge < -0.3 is 14.3 Å². The summed E-state index contributed by atoms with van der Waals surface area (Å²) in [7, 11) is 1.97. The third-order valence-electron chi connectivity index (χ3n) is 2.79. The zero-order valence-corrected chi connectivity index (χ0v) is 10.5. The molecule has 0 spiro atoms. The monoisotopic (exact) mass is 243 g/mol. The van der Waals surface area contributed by atoms with E-state index >= 15 is 0 Å². The van der Waals surface area contributed by atoms with Crippen molar-refractivity contribution in [3.8, 4) is 12.3 Å². The first kappa shape index (κ1) is 12.5. The van der Waals surface area contributed by atoms with Gasteiger partial charge in [0.25, 0.3) is 0 Å². The number of unbranched alkanes of at least 4 members (excludes halogenated alkanes) is 1. The smallest absolute Gasteiger partial charge is 0.133 e. The molecule has 0 saturated heterocycles. The number of terminal acetylenes is 1. The molecule has 1 N–H and O–H groups in total. The first-order valence-electron chi connectivity index (χ1n) is 6.00. The van der Waals surface area contributed by atoms with Crippen LogP contribution in [0.3, 0.4) is 0 Å². The fourth-order valence-corrected chi connectivity index (χ4v) is 1.87. The van der Waals surface area contributed by atoms with Gasteiger partial charge >= 0.3 is 0 Å². The summed E-state index contributed by atoms with van der Waals surface area (Å²) in [4.78, 5) is 4.37. The minimum Gasteiger partial charge on any atom is -0.467 e. The number of rotatable bonds is 6. The Hall–Kier alpha value is -1.99. The number of hydrogen-bond donors (Lipinski definition) is 1. The zero-order chi connectivity index (χ0) is 12.8. The van der Waals surface area contributed by atoms with Crippen molar-refractivity contribution in [2.24, 2.45) is 7.05 Å². The SMILES string of the molecule is C#CCCCNC(c1ccco1)c1nccn1C. The Bertz CT molecular complexity index is 507. The van der Waals surface area contributed by atoms with Gasteiger partial charge in [-0.25, -0.2) is 4.98 Å². The number of nitrogens with one attached hydrogen (secondary N) is 1. The van der Waals surface area contributed by atoms with Gasteiger partial charge in [0.15, 0.2) is 0 Å². The van der Waals surface area contributed by atoms with E-state index < -0.39 is 0 Å². The van der Waals surface area contributed by atoms with Gasteiger partial charge in [-0.05, 0) is 25.1 Å². The highest BCUT2D eigenvalue weighted by molar-refractivity contribution is 5.15. The van der Waals surface area contributed by atoms with Gasteiger partial charge in [0.05, 0.1) is 6.26 Å². The Kier molecular flexibility index (Phi) is 4.21. The summed E-state index contributed by atoms with van der Waals surface area (Å²) in [6, 6.07) is 3.81. The normalized spacial score (nSPS) is 12.2. The first-order chi connectivity index (χ1) is 8.83. The highest BCUT2D eigenvalue weighted by Gasteiger charge is 2.19. The van der Waals surface area contributed by atoms with E-state index in [2.05, 4.69) is 16.2 Å². The molecule has 1 atom stereocenters. The van der Waals surface area contributed by atoms with Crippen molar-refractivity contribution in [2.45, 2.75) is 18.9 Å². The minimum absolute atomic E-state index is 0.0298. The van der Waals surface area contributed by atoms with E-state index in [0.717, 1.165) is 31.0 Å². The lowest BCUT2D eigenvalue weighted by molar-refractivity contribution is 0.429. The Labute approximate surface area is 107 Å². The van der Waals surface area contributed by atoms with Crippen LogP contribution in [0.25, 0.3) is 0 Å². The minimum atomic E-state index is -0.0298. The zero-order valence-electron chi connectivity index (χ0n) is 10.5. The van der Waals surface area contributed by atoms with Crippen molar-refractivity contribution in [3.63, 3.8) is 0 Å². The van der Waals surface area contributed by atoms with E-state index in [4.69, 9.17) is 10.8 Å². The highest BCUT2D eigenvalue weighted by atomic mass is 16.3. The number of aromatic nitrogens is 2. The molecule has 2 heterocycles. The summed E-state index contributed by atoms with van der Waals surface area (Å²) in [6.07, 6.45) is 12.4. The van der Waals surface area contributed by atoms with Crippen LogP contribution in [0.4, 0.5) is 0 Å². The van der Waals surface area contributed by atoms with Gasteiger partial charge in [0.1, 0.15) is 17.6 Å². The third kappa shape index (κ3) is 2.82. The summed E-state index contributed by atoms with van der Waals surface area (Å²) in [5, 5.41) is 3.43. The van der Waals surface area contributed by atoms with Crippen molar-refractivity contribution in [3.05, 3.63) is 42.4 Å². The lowest BCUT2D eigenvalue weighted by atomic mass is 10.2. The number of nitrogens with zero attached hydrogens (tertiary/aromatic N) is 2. The van der Waals surface area contributed by atoms with Crippen molar-refractivity contribution >= 4 is 0 Å². The van der Waals surface area contributed by atoms with Crippen LogP contribution in [-0.2, 0) is 7.05 Å². The molecular formula is C14H17N3O. The molecule has 0 aliphatic heterocycles. The van der Waals surface area contributed by atoms with Crippen molar-refractivity contribution in [2.75, 3.05) is 6.54 Å². The molecule has 0 aliphatic rings. The predicted molar refractivity (Wildman–Crippen MR) is 69.8 cm³/mol. The van der Waals surface area contributed by atoms with E-state index in [1.54, 1.807) is 12.5 Å². The van der Waals surface area contributed by atoms with Crippen molar-refractivity contribution < 1.29 is 4.42 Å². The Morgan fingerprint density at radius 1 is 1.61 bits per heavy atom. The van der Waals surface area contributed by atoms with Crippen LogP contribution in [0.5, 0.6) is 0 Å². The lowest BCUT2D eigenvalue weighted by Gasteiger charge is -2.16. The Morgan fingerprint density at radius 3 is 3.11 bits per heavy atom. The van der Waals surface area contributed by atoms with Gasteiger partial charge in [-0.15, -0.1) is 12.3 Å². The van der Waals surface area contributed by atoms with Gasteiger partial charge in [-0.1, -0.05) is 0 Å². The molecule has 1 unspecified atom stereocenters. The van der Waals surface area contributed by atoms with E-state index in [1.165, 1.54) is 0 Å². The standard InChI is InChI=1S/C14H17N3O/c1-3-4-5-8-15-13(12-7-6-11-18-12)14-16-9-10-17(14)2/h1,6-7,9-11,13,15H,4-5,8H2,2H3.